The van der Waals surface area contributed by atoms with Crippen molar-refractivity contribution in [3.05, 3.63) is 84.2 Å². The van der Waals surface area contributed by atoms with Crippen LogP contribution in [0.3, 0.4) is 0 Å². The number of carbonyl (C=O) groups excluding carboxylic acids is 1. The molecule has 0 aliphatic carbocycles. The lowest BCUT2D eigenvalue weighted by atomic mass is 10.2. The van der Waals surface area contributed by atoms with Crippen molar-refractivity contribution in [1.29, 1.82) is 0 Å². The van der Waals surface area contributed by atoms with Crippen molar-refractivity contribution in [1.82, 2.24) is 9.97 Å². The van der Waals surface area contributed by atoms with Crippen molar-refractivity contribution in [2.24, 2.45) is 0 Å². The largest absolute Gasteiger partial charge is 0.497 e. The SMILES string of the molecule is COc1ccc2nc(N(Cc3ccncc3)C(=O)c3ccccc3)sc2c1. The monoisotopic (exact) mass is 375 g/mol. The minimum atomic E-state index is -0.0848. The van der Waals surface area contributed by atoms with E-state index in [2.05, 4.69) is 9.97 Å². The maximum absolute atomic E-state index is 13.2. The highest BCUT2D eigenvalue weighted by atomic mass is 32.1. The zero-order chi connectivity index (χ0) is 18.6. The van der Waals surface area contributed by atoms with E-state index >= 15 is 0 Å². The van der Waals surface area contributed by atoms with Gasteiger partial charge in [0.15, 0.2) is 5.13 Å². The Morgan fingerprint density at radius 2 is 1.85 bits per heavy atom. The summed E-state index contributed by atoms with van der Waals surface area (Å²) in [6.07, 6.45) is 3.45. The molecule has 0 aliphatic rings. The molecule has 0 N–H and O–H groups in total. The first-order valence-electron chi connectivity index (χ1n) is 8.45. The highest BCUT2D eigenvalue weighted by Crippen LogP contribution is 2.33. The van der Waals surface area contributed by atoms with Gasteiger partial charge in [-0.05, 0) is 48.0 Å². The van der Waals surface area contributed by atoms with Crippen LogP contribution in [0.25, 0.3) is 10.2 Å². The first-order chi connectivity index (χ1) is 13.2. The summed E-state index contributed by atoms with van der Waals surface area (Å²) in [7, 11) is 1.64. The molecule has 0 spiro atoms. The van der Waals surface area contributed by atoms with E-state index in [1.807, 2.05) is 60.7 Å². The second kappa shape index (κ2) is 7.55. The third kappa shape index (κ3) is 3.66. The average molecular weight is 375 g/mol. The fourth-order valence-electron chi connectivity index (χ4n) is 2.77. The fourth-order valence-corrected chi connectivity index (χ4v) is 3.76. The third-order valence-electron chi connectivity index (χ3n) is 4.17. The average Bonchev–Trinajstić information content (AvgIpc) is 3.15. The van der Waals surface area contributed by atoms with Crippen molar-refractivity contribution in [3.8, 4) is 5.75 Å². The van der Waals surface area contributed by atoms with Crippen LogP contribution in [0.1, 0.15) is 15.9 Å². The molecule has 2 aromatic heterocycles. The van der Waals surface area contributed by atoms with Crippen molar-refractivity contribution in [2.75, 3.05) is 12.0 Å². The number of benzene rings is 2. The first-order valence-corrected chi connectivity index (χ1v) is 9.26. The van der Waals surface area contributed by atoms with Crippen molar-refractivity contribution in [2.45, 2.75) is 6.54 Å². The van der Waals surface area contributed by atoms with Crippen LogP contribution in [0.2, 0.25) is 0 Å². The zero-order valence-corrected chi connectivity index (χ0v) is 15.5. The Morgan fingerprint density at radius 3 is 2.59 bits per heavy atom. The number of hydrogen-bond donors (Lipinski definition) is 0. The third-order valence-corrected chi connectivity index (χ3v) is 5.21. The topological polar surface area (TPSA) is 55.3 Å². The molecule has 6 heteroatoms. The van der Waals surface area contributed by atoms with Crippen molar-refractivity contribution >= 4 is 32.6 Å². The van der Waals surface area contributed by atoms with E-state index < -0.39 is 0 Å². The minimum Gasteiger partial charge on any atom is -0.497 e. The second-order valence-corrected chi connectivity index (χ2v) is 6.95. The Balaban J connectivity index is 1.76. The molecule has 0 atom stereocenters. The van der Waals surface area contributed by atoms with E-state index in [0.717, 1.165) is 21.5 Å². The molecule has 5 nitrogen and oxygen atoms in total. The van der Waals surface area contributed by atoms with Crippen LogP contribution in [-0.4, -0.2) is 23.0 Å². The van der Waals surface area contributed by atoms with Gasteiger partial charge in [-0.3, -0.25) is 14.7 Å². The summed E-state index contributed by atoms with van der Waals surface area (Å²) in [6, 6.07) is 18.8. The molecule has 0 saturated carbocycles. The first kappa shape index (κ1) is 17.2. The molecule has 0 radical (unpaired) electrons. The zero-order valence-electron chi connectivity index (χ0n) is 14.7. The Kier molecular flexibility index (Phi) is 4.80. The molecule has 27 heavy (non-hydrogen) atoms. The Morgan fingerprint density at radius 1 is 1.07 bits per heavy atom. The predicted molar refractivity (Wildman–Crippen MR) is 107 cm³/mol. The van der Waals surface area contributed by atoms with E-state index in [9.17, 15) is 4.79 Å². The molecule has 134 valence electrons. The fraction of sp³-hybridized carbons (Fsp3) is 0.0952. The number of aromatic nitrogens is 2. The summed E-state index contributed by atoms with van der Waals surface area (Å²) in [5.74, 6) is 0.686. The van der Waals surface area contributed by atoms with Crippen LogP contribution in [0.4, 0.5) is 5.13 Å². The van der Waals surface area contributed by atoms with E-state index in [1.54, 1.807) is 24.4 Å². The lowest BCUT2D eigenvalue weighted by molar-refractivity contribution is 0.0985. The number of methoxy groups -OCH3 is 1. The van der Waals surface area contributed by atoms with Gasteiger partial charge in [-0.15, -0.1) is 0 Å². The van der Waals surface area contributed by atoms with Crippen LogP contribution < -0.4 is 9.64 Å². The summed E-state index contributed by atoms with van der Waals surface area (Å²) in [4.78, 5) is 23.6. The summed E-state index contributed by atoms with van der Waals surface area (Å²) < 4.78 is 6.27. The number of hydrogen-bond acceptors (Lipinski definition) is 5. The number of thiazole rings is 1. The van der Waals surface area contributed by atoms with Crippen LogP contribution >= 0.6 is 11.3 Å². The minimum absolute atomic E-state index is 0.0848. The summed E-state index contributed by atoms with van der Waals surface area (Å²) in [6.45, 7) is 0.424. The van der Waals surface area contributed by atoms with Gasteiger partial charge < -0.3 is 4.74 Å². The van der Waals surface area contributed by atoms with E-state index in [-0.39, 0.29) is 5.91 Å². The molecule has 2 aromatic carbocycles. The number of carbonyl (C=O) groups is 1. The van der Waals surface area contributed by atoms with Gasteiger partial charge in [0.2, 0.25) is 0 Å². The summed E-state index contributed by atoms with van der Waals surface area (Å²) >= 11 is 1.48. The molecular formula is C21H17N3O2S. The molecule has 4 aromatic rings. The lowest BCUT2D eigenvalue weighted by Gasteiger charge is -2.20. The number of ether oxygens (including phenoxy) is 1. The molecule has 0 bridgehead atoms. The molecule has 4 rings (SSSR count). The maximum Gasteiger partial charge on any atom is 0.260 e. The highest BCUT2D eigenvalue weighted by Gasteiger charge is 2.21. The Hall–Kier alpha value is -3.25. The normalized spacial score (nSPS) is 10.7. The smallest absolute Gasteiger partial charge is 0.260 e. The second-order valence-electron chi connectivity index (χ2n) is 5.94. The number of nitrogens with zero attached hydrogens (tertiary/aromatic N) is 3. The molecule has 0 fully saturated rings. The van der Waals surface area contributed by atoms with Gasteiger partial charge in [0.05, 0.1) is 23.9 Å². The van der Waals surface area contributed by atoms with Gasteiger partial charge in [-0.1, -0.05) is 29.5 Å². The van der Waals surface area contributed by atoms with Gasteiger partial charge in [0, 0.05) is 18.0 Å². The molecule has 0 aliphatic heterocycles. The quantitative estimate of drug-likeness (QED) is 0.514. The van der Waals surface area contributed by atoms with Crippen LogP contribution in [0, 0.1) is 0 Å². The van der Waals surface area contributed by atoms with Crippen molar-refractivity contribution < 1.29 is 9.53 Å². The molecule has 0 unspecified atom stereocenters. The highest BCUT2D eigenvalue weighted by molar-refractivity contribution is 7.22. The van der Waals surface area contributed by atoms with Crippen LogP contribution in [-0.2, 0) is 6.54 Å². The molecule has 2 heterocycles. The van der Waals surface area contributed by atoms with Crippen LogP contribution in [0.5, 0.6) is 5.75 Å². The number of fused-ring (bicyclic) bond motifs is 1. The van der Waals surface area contributed by atoms with Gasteiger partial charge >= 0.3 is 0 Å². The van der Waals surface area contributed by atoms with Gasteiger partial charge in [0.1, 0.15) is 5.75 Å². The molecular weight excluding hydrogens is 358 g/mol. The Bertz CT molecular complexity index is 1060. The van der Waals surface area contributed by atoms with Gasteiger partial charge in [-0.25, -0.2) is 4.98 Å². The van der Waals surface area contributed by atoms with E-state index in [4.69, 9.17) is 4.74 Å². The Labute approximate surface area is 160 Å². The summed E-state index contributed by atoms with van der Waals surface area (Å²) in [5.41, 5.74) is 2.46. The van der Waals surface area contributed by atoms with Gasteiger partial charge in [0.25, 0.3) is 5.91 Å². The van der Waals surface area contributed by atoms with Gasteiger partial charge in [-0.2, -0.15) is 0 Å². The van der Waals surface area contributed by atoms with E-state index in [1.165, 1.54) is 11.3 Å². The molecule has 0 saturated heterocycles. The molecule has 1 amide bonds. The standard InChI is InChI=1S/C21H17N3O2S/c1-26-17-7-8-18-19(13-17)27-21(23-18)24(14-15-9-11-22-12-10-15)20(25)16-5-3-2-4-6-16/h2-13H,14H2,1H3. The number of anilines is 1. The predicted octanol–water partition coefficient (Wildman–Crippen LogP) is 4.55. The number of pyridine rings is 1. The maximum atomic E-state index is 13.2. The van der Waals surface area contributed by atoms with Crippen LogP contribution in [0.15, 0.2) is 73.1 Å². The number of amides is 1. The lowest BCUT2D eigenvalue weighted by Crippen LogP contribution is -2.30. The summed E-state index contributed by atoms with van der Waals surface area (Å²) in [5, 5.41) is 0.656. The van der Waals surface area contributed by atoms with Crippen molar-refractivity contribution in [3.63, 3.8) is 0 Å². The number of rotatable bonds is 5. The van der Waals surface area contributed by atoms with E-state index in [0.29, 0.717) is 17.2 Å².